The Balaban J connectivity index is 2.30. The molecule has 0 atom stereocenters. The fourth-order valence-corrected chi connectivity index (χ4v) is 1.34. The molecular weight excluding hydrogens is 150 g/mol. The van der Waals surface area contributed by atoms with Crippen LogP contribution in [0.5, 0.6) is 0 Å². The van der Waals surface area contributed by atoms with Crippen molar-refractivity contribution in [3.8, 4) is 0 Å². The number of unbranched alkanes of at least 4 members (excludes halogenated alkanes) is 1. The van der Waals surface area contributed by atoms with E-state index in [-0.39, 0.29) is 5.91 Å². The Morgan fingerprint density at radius 1 is 1.58 bits per heavy atom. The highest BCUT2D eigenvalue weighted by atomic mass is 16.2. The lowest BCUT2D eigenvalue weighted by Gasteiger charge is -2.21. The topological polar surface area (TPSA) is 20.3 Å². The van der Waals surface area contributed by atoms with Crippen molar-refractivity contribution in [3.05, 3.63) is 12.3 Å². The molecule has 1 heterocycles. The number of rotatable bonds is 3. The molecule has 2 heteroatoms. The summed E-state index contributed by atoms with van der Waals surface area (Å²) in [6.07, 6.45) is 9.08. The average molecular weight is 167 g/mol. The first-order valence-corrected chi connectivity index (χ1v) is 4.80. The maximum absolute atomic E-state index is 11.4. The van der Waals surface area contributed by atoms with Gasteiger partial charge in [-0.1, -0.05) is 19.4 Å². The van der Waals surface area contributed by atoms with Gasteiger partial charge < -0.3 is 4.90 Å². The second kappa shape index (κ2) is 4.96. The minimum atomic E-state index is 0.285. The molecule has 2 nitrogen and oxygen atoms in total. The van der Waals surface area contributed by atoms with E-state index >= 15 is 0 Å². The zero-order valence-electron chi connectivity index (χ0n) is 7.75. The molecule has 1 rings (SSSR count). The quantitative estimate of drug-likeness (QED) is 0.631. The summed E-state index contributed by atoms with van der Waals surface area (Å²) in [6, 6.07) is 0. The van der Waals surface area contributed by atoms with Crippen LogP contribution in [0.15, 0.2) is 12.3 Å². The highest BCUT2D eigenvalue weighted by Gasteiger charge is 2.11. The summed E-state index contributed by atoms with van der Waals surface area (Å²) in [5, 5.41) is 0. The minimum Gasteiger partial charge on any atom is -0.319 e. The number of carbonyl (C=O) groups excluding carboxylic acids is 1. The van der Waals surface area contributed by atoms with Crippen molar-refractivity contribution in [2.75, 3.05) is 6.54 Å². The molecule has 12 heavy (non-hydrogen) atoms. The van der Waals surface area contributed by atoms with Crippen molar-refractivity contribution in [2.24, 2.45) is 0 Å². The molecule has 0 spiro atoms. The van der Waals surface area contributed by atoms with Crippen LogP contribution in [0.3, 0.4) is 0 Å². The molecule has 68 valence electrons. The molecule has 0 aromatic heterocycles. The fraction of sp³-hybridized carbons (Fsp3) is 0.700. The first-order valence-electron chi connectivity index (χ1n) is 4.80. The van der Waals surface area contributed by atoms with Gasteiger partial charge in [0, 0.05) is 19.2 Å². The lowest BCUT2D eigenvalue weighted by atomic mass is 10.2. The van der Waals surface area contributed by atoms with E-state index in [2.05, 4.69) is 13.0 Å². The van der Waals surface area contributed by atoms with Gasteiger partial charge >= 0.3 is 0 Å². The van der Waals surface area contributed by atoms with Crippen molar-refractivity contribution >= 4 is 5.91 Å². The van der Waals surface area contributed by atoms with E-state index in [1.54, 1.807) is 0 Å². The van der Waals surface area contributed by atoms with Crippen molar-refractivity contribution in [2.45, 2.75) is 39.0 Å². The lowest BCUT2D eigenvalue weighted by molar-refractivity contribution is -0.128. The molecule has 0 unspecified atom stereocenters. The van der Waals surface area contributed by atoms with Gasteiger partial charge in [-0.2, -0.15) is 0 Å². The average Bonchev–Trinajstić information content (AvgIpc) is 2.15. The number of amides is 1. The molecule has 1 amide bonds. The zero-order chi connectivity index (χ0) is 8.81. The summed E-state index contributed by atoms with van der Waals surface area (Å²) >= 11 is 0. The van der Waals surface area contributed by atoms with Crippen molar-refractivity contribution < 1.29 is 4.79 Å². The van der Waals surface area contributed by atoms with Crippen LogP contribution < -0.4 is 0 Å². The van der Waals surface area contributed by atoms with Crippen LogP contribution in [0, 0.1) is 0 Å². The van der Waals surface area contributed by atoms with Gasteiger partial charge in [0.1, 0.15) is 0 Å². The Labute approximate surface area is 74.2 Å². The second-order valence-electron chi connectivity index (χ2n) is 3.22. The molecule has 0 aliphatic carbocycles. The molecule has 1 aliphatic rings. The number of hydrogen-bond donors (Lipinski definition) is 0. The van der Waals surface area contributed by atoms with E-state index in [1.165, 1.54) is 0 Å². The van der Waals surface area contributed by atoms with Crippen LogP contribution in [0.4, 0.5) is 0 Å². The molecule has 0 N–H and O–H groups in total. The summed E-state index contributed by atoms with van der Waals surface area (Å²) in [5.41, 5.74) is 0. The number of hydrogen-bond acceptors (Lipinski definition) is 1. The normalized spacial score (nSPS) is 16.6. The maximum atomic E-state index is 11.4. The Morgan fingerprint density at radius 2 is 2.42 bits per heavy atom. The van der Waals surface area contributed by atoms with Gasteiger partial charge in [0.2, 0.25) is 5.91 Å². The van der Waals surface area contributed by atoms with E-state index in [0.29, 0.717) is 6.42 Å². The van der Waals surface area contributed by atoms with Gasteiger partial charge in [-0.05, 0) is 19.3 Å². The molecule has 0 fully saturated rings. The largest absolute Gasteiger partial charge is 0.319 e. The number of carbonyl (C=O) groups is 1. The van der Waals surface area contributed by atoms with Crippen molar-refractivity contribution in [1.82, 2.24) is 4.90 Å². The third-order valence-electron chi connectivity index (χ3n) is 2.12. The van der Waals surface area contributed by atoms with Gasteiger partial charge in [-0.3, -0.25) is 4.79 Å². The van der Waals surface area contributed by atoms with Crippen molar-refractivity contribution in [1.29, 1.82) is 0 Å². The van der Waals surface area contributed by atoms with Crippen LogP contribution in [0.2, 0.25) is 0 Å². The smallest absolute Gasteiger partial charge is 0.226 e. The molecule has 0 saturated carbocycles. The van der Waals surface area contributed by atoms with Crippen LogP contribution in [0.1, 0.15) is 39.0 Å². The number of nitrogens with zero attached hydrogens (tertiary/aromatic N) is 1. The minimum absolute atomic E-state index is 0.285. The molecule has 1 aliphatic heterocycles. The highest BCUT2D eigenvalue weighted by Crippen LogP contribution is 2.08. The van der Waals surface area contributed by atoms with Gasteiger partial charge in [-0.25, -0.2) is 0 Å². The molecular formula is C10H17NO. The molecule has 0 aromatic carbocycles. The third kappa shape index (κ3) is 2.68. The van der Waals surface area contributed by atoms with Gasteiger partial charge in [0.05, 0.1) is 0 Å². The van der Waals surface area contributed by atoms with Gasteiger partial charge in [-0.15, -0.1) is 0 Å². The summed E-state index contributed by atoms with van der Waals surface area (Å²) in [5.74, 6) is 0.285. The molecule has 0 radical (unpaired) electrons. The Kier molecular flexibility index (Phi) is 3.85. The number of allylic oxidation sites excluding steroid dienone is 1. The lowest BCUT2D eigenvalue weighted by Crippen LogP contribution is -2.28. The SMILES string of the molecule is CCCCC(=O)N1C=CCCC1. The predicted octanol–water partition coefficient (Wildman–Crippen LogP) is 2.31. The van der Waals surface area contributed by atoms with Gasteiger partial charge in [0.15, 0.2) is 0 Å². The molecule has 0 bridgehead atoms. The fourth-order valence-electron chi connectivity index (χ4n) is 1.34. The van der Waals surface area contributed by atoms with Gasteiger partial charge in [0.25, 0.3) is 0 Å². The first-order chi connectivity index (χ1) is 5.84. The highest BCUT2D eigenvalue weighted by molar-refractivity contribution is 5.77. The van der Waals surface area contributed by atoms with Crippen LogP contribution >= 0.6 is 0 Å². The van der Waals surface area contributed by atoms with E-state index < -0.39 is 0 Å². The summed E-state index contributed by atoms with van der Waals surface area (Å²) in [6.45, 7) is 3.03. The van der Waals surface area contributed by atoms with Crippen molar-refractivity contribution in [3.63, 3.8) is 0 Å². The van der Waals surface area contributed by atoms with E-state index in [0.717, 1.165) is 32.2 Å². The van der Waals surface area contributed by atoms with E-state index in [1.807, 2.05) is 11.1 Å². The zero-order valence-corrected chi connectivity index (χ0v) is 7.75. The van der Waals surface area contributed by atoms with E-state index in [9.17, 15) is 4.79 Å². The Bertz CT molecular complexity index is 175. The monoisotopic (exact) mass is 167 g/mol. The molecule has 0 saturated heterocycles. The van der Waals surface area contributed by atoms with Crippen LogP contribution in [-0.2, 0) is 4.79 Å². The third-order valence-corrected chi connectivity index (χ3v) is 2.12. The Hall–Kier alpha value is -0.790. The predicted molar refractivity (Wildman–Crippen MR) is 49.6 cm³/mol. The summed E-state index contributed by atoms with van der Waals surface area (Å²) in [7, 11) is 0. The Morgan fingerprint density at radius 3 is 3.00 bits per heavy atom. The second-order valence-corrected chi connectivity index (χ2v) is 3.22. The van der Waals surface area contributed by atoms with Crippen LogP contribution in [0.25, 0.3) is 0 Å². The van der Waals surface area contributed by atoms with Crippen LogP contribution in [-0.4, -0.2) is 17.4 Å². The summed E-state index contributed by atoms with van der Waals surface area (Å²) in [4.78, 5) is 13.3. The standard InChI is InChI=1S/C10H17NO/c1-2-3-7-10(12)11-8-5-4-6-9-11/h5,8H,2-4,6-7,9H2,1H3. The first kappa shape index (κ1) is 9.30. The van der Waals surface area contributed by atoms with E-state index in [4.69, 9.17) is 0 Å². The molecule has 0 aromatic rings. The maximum Gasteiger partial charge on any atom is 0.226 e. The summed E-state index contributed by atoms with van der Waals surface area (Å²) < 4.78 is 0.